The largest absolute Gasteiger partial charge is 0.466 e. The summed E-state index contributed by atoms with van der Waals surface area (Å²) in [5.41, 5.74) is 0.638. The maximum Gasteiger partial charge on any atom is 0.336 e. The molecule has 0 radical (unpaired) electrons. The van der Waals surface area contributed by atoms with Crippen molar-refractivity contribution < 1.29 is 32.9 Å². The molecule has 2 fully saturated rings. The predicted octanol–water partition coefficient (Wildman–Crippen LogP) is 3.89. The fourth-order valence-corrected chi connectivity index (χ4v) is 8.27. The van der Waals surface area contributed by atoms with E-state index in [0.29, 0.717) is 37.5 Å². The number of nitrogens with zero attached hydrogens (tertiary/aromatic N) is 3. The first-order valence-electron chi connectivity index (χ1n) is 16.2. The van der Waals surface area contributed by atoms with Gasteiger partial charge in [0, 0.05) is 77.6 Å². The second-order valence-electron chi connectivity index (χ2n) is 12.0. The zero-order valence-electron chi connectivity index (χ0n) is 27.5. The molecule has 0 bridgehead atoms. The summed E-state index contributed by atoms with van der Waals surface area (Å²) in [5.74, 6) is -2.93. The second kappa shape index (κ2) is 16.8. The molecule has 3 aliphatic rings. The summed E-state index contributed by atoms with van der Waals surface area (Å²) in [7, 11) is 0.792. The summed E-state index contributed by atoms with van der Waals surface area (Å²) in [6.07, 6.45) is 2.19. The van der Waals surface area contributed by atoms with Crippen LogP contribution in [-0.4, -0.2) is 108 Å². The van der Waals surface area contributed by atoms with Crippen molar-refractivity contribution in [3.05, 3.63) is 86.7 Å². The molecule has 14 heteroatoms. The van der Waals surface area contributed by atoms with Gasteiger partial charge in [0.25, 0.3) is 0 Å². The Balaban J connectivity index is 1.44. The van der Waals surface area contributed by atoms with Gasteiger partial charge >= 0.3 is 11.9 Å². The van der Waals surface area contributed by atoms with Crippen molar-refractivity contribution in [1.82, 2.24) is 20.0 Å². The number of ether oxygens (including phenoxy) is 2. The van der Waals surface area contributed by atoms with E-state index in [1.807, 2.05) is 4.90 Å². The van der Waals surface area contributed by atoms with Gasteiger partial charge in [0.15, 0.2) is 0 Å². The van der Waals surface area contributed by atoms with Crippen molar-refractivity contribution in [3.8, 4) is 0 Å². The summed E-state index contributed by atoms with van der Waals surface area (Å²) in [6.45, 7) is 4.69. The monoisotopic (exact) mass is 730 g/mol. The standard InChI is InChI=1S/C35H40Cl2N4O7S/c1-47-34(44)31-26(21-29(43)41-19-17-39(18-20-41)14-8-16-40-15-7-13-28(40)42)38-27(22-49(46)23-9-4-3-5-10-23)32(35(45)48-2)33(31)30-24(36)11-6-12-25(30)37/h3-6,9-12,33,38H,7-8,13-22H2,1-2H3/t33-,49?/m0/s1. The van der Waals surface area contributed by atoms with E-state index in [9.17, 15) is 23.4 Å². The SMILES string of the molecule is COC(=O)C1=C(CC(=O)N2CCN(CCCN3CCCC3=O)CC2)NC(CS(=O)c2ccccc2)=C(C(=O)OC)[C@H]1c1c(Cl)cccc1Cl. The molecule has 0 spiro atoms. The highest BCUT2D eigenvalue weighted by Crippen LogP contribution is 2.45. The van der Waals surface area contributed by atoms with Gasteiger partial charge in [-0.1, -0.05) is 47.5 Å². The topological polar surface area (TPSA) is 126 Å². The smallest absolute Gasteiger partial charge is 0.336 e. The van der Waals surface area contributed by atoms with Crippen LogP contribution in [0.15, 0.2) is 76.0 Å². The van der Waals surface area contributed by atoms with Crippen molar-refractivity contribution in [3.63, 3.8) is 0 Å². The van der Waals surface area contributed by atoms with Crippen LogP contribution in [0.1, 0.15) is 37.2 Å². The number of halogens is 2. The Morgan fingerprint density at radius 3 is 2.08 bits per heavy atom. The zero-order valence-corrected chi connectivity index (χ0v) is 29.9. The molecular formula is C35H40Cl2N4O7S. The first kappa shape index (κ1) is 36.6. The van der Waals surface area contributed by atoms with Crippen LogP contribution in [0.2, 0.25) is 10.0 Å². The molecule has 1 N–H and O–H groups in total. The number of piperazine rings is 1. The lowest BCUT2D eigenvalue weighted by Crippen LogP contribution is -2.49. The summed E-state index contributed by atoms with van der Waals surface area (Å²) >= 11 is 13.4. The minimum Gasteiger partial charge on any atom is -0.466 e. The third kappa shape index (κ3) is 8.54. The number of methoxy groups -OCH3 is 2. The number of dihydropyridines is 1. The Kier molecular flexibility index (Phi) is 12.5. The molecule has 49 heavy (non-hydrogen) atoms. The zero-order chi connectivity index (χ0) is 35.1. The van der Waals surface area contributed by atoms with Gasteiger partial charge < -0.3 is 24.6 Å². The van der Waals surface area contributed by atoms with Gasteiger partial charge in [-0.2, -0.15) is 0 Å². The molecule has 0 aliphatic carbocycles. The number of amides is 2. The van der Waals surface area contributed by atoms with Gasteiger partial charge in [0.05, 0.1) is 54.3 Å². The van der Waals surface area contributed by atoms with Gasteiger partial charge in [0.1, 0.15) is 0 Å². The fourth-order valence-electron chi connectivity index (χ4n) is 6.54. The molecule has 2 amide bonds. The Morgan fingerprint density at radius 1 is 0.857 bits per heavy atom. The third-order valence-corrected chi connectivity index (χ3v) is 11.0. The Morgan fingerprint density at radius 2 is 1.49 bits per heavy atom. The van der Waals surface area contributed by atoms with Gasteiger partial charge in [-0.3, -0.25) is 18.7 Å². The molecule has 5 rings (SSSR count). The number of likely N-dealkylation sites (tertiary alicyclic amines) is 1. The van der Waals surface area contributed by atoms with E-state index < -0.39 is 28.7 Å². The molecule has 0 saturated carbocycles. The van der Waals surface area contributed by atoms with E-state index in [0.717, 1.165) is 32.5 Å². The number of hydrogen-bond donors (Lipinski definition) is 1. The first-order chi connectivity index (χ1) is 23.6. The number of nitrogens with one attached hydrogen (secondary N) is 1. The summed E-state index contributed by atoms with van der Waals surface area (Å²) in [4.78, 5) is 59.4. The van der Waals surface area contributed by atoms with Gasteiger partial charge in [-0.15, -0.1) is 0 Å². The normalized spacial score (nSPS) is 19.2. The van der Waals surface area contributed by atoms with Gasteiger partial charge in [-0.05, 0) is 43.7 Å². The van der Waals surface area contributed by atoms with E-state index in [1.165, 1.54) is 14.2 Å². The van der Waals surface area contributed by atoms with Crippen molar-refractivity contribution >= 4 is 57.8 Å². The van der Waals surface area contributed by atoms with Crippen molar-refractivity contribution in [2.75, 3.05) is 65.8 Å². The van der Waals surface area contributed by atoms with Crippen molar-refractivity contribution in [2.24, 2.45) is 0 Å². The van der Waals surface area contributed by atoms with Crippen LogP contribution >= 0.6 is 23.2 Å². The van der Waals surface area contributed by atoms with E-state index >= 15 is 0 Å². The Hall–Kier alpha value is -3.71. The van der Waals surface area contributed by atoms with Gasteiger partial charge in [-0.25, -0.2) is 9.59 Å². The molecule has 2 saturated heterocycles. The first-order valence-corrected chi connectivity index (χ1v) is 18.2. The molecular weight excluding hydrogens is 691 g/mol. The maximum absolute atomic E-state index is 13.9. The van der Waals surface area contributed by atoms with Crippen molar-refractivity contribution in [1.29, 1.82) is 0 Å². The highest BCUT2D eigenvalue weighted by Gasteiger charge is 2.42. The lowest BCUT2D eigenvalue weighted by Gasteiger charge is -2.36. The number of benzene rings is 2. The Bertz CT molecular complexity index is 1650. The van der Waals surface area contributed by atoms with E-state index in [1.54, 1.807) is 53.4 Å². The quantitative estimate of drug-likeness (QED) is 0.324. The minimum atomic E-state index is -1.62. The van der Waals surface area contributed by atoms with Crippen LogP contribution in [-0.2, 0) is 39.5 Å². The summed E-state index contributed by atoms with van der Waals surface area (Å²) in [6, 6.07) is 13.6. The minimum absolute atomic E-state index is 0.0115. The molecule has 3 heterocycles. The van der Waals surface area contributed by atoms with Crippen LogP contribution in [0.5, 0.6) is 0 Å². The van der Waals surface area contributed by atoms with Crippen molar-refractivity contribution in [2.45, 2.75) is 36.5 Å². The third-order valence-electron chi connectivity index (χ3n) is 9.04. The lowest BCUT2D eigenvalue weighted by atomic mass is 9.79. The van der Waals surface area contributed by atoms with E-state index in [-0.39, 0.29) is 62.1 Å². The molecule has 3 aliphatic heterocycles. The average Bonchev–Trinajstić information content (AvgIpc) is 3.52. The lowest BCUT2D eigenvalue weighted by molar-refractivity contribution is -0.137. The van der Waals surface area contributed by atoms with Crippen LogP contribution in [0.4, 0.5) is 0 Å². The number of esters is 2. The highest BCUT2D eigenvalue weighted by atomic mass is 35.5. The van der Waals surface area contributed by atoms with Gasteiger partial charge in [0.2, 0.25) is 11.8 Å². The predicted molar refractivity (Wildman–Crippen MR) is 186 cm³/mol. The second-order valence-corrected chi connectivity index (χ2v) is 14.3. The van der Waals surface area contributed by atoms with E-state index in [2.05, 4.69) is 10.2 Å². The highest BCUT2D eigenvalue weighted by molar-refractivity contribution is 7.85. The Labute approximate surface area is 298 Å². The molecule has 0 aromatic heterocycles. The number of rotatable bonds is 12. The summed E-state index contributed by atoms with van der Waals surface area (Å²) in [5, 5.41) is 3.51. The average molecular weight is 732 g/mol. The number of hydrogen-bond acceptors (Lipinski definition) is 9. The molecule has 2 aromatic carbocycles. The van der Waals surface area contributed by atoms with E-state index in [4.69, 9.17) is 32.7 Å². The number of carbonyl (C=O) groups excluding carboxylic acids is 4. The molecule has 1 unspecified atom stereocenters. The van der Waals surface area contributed by atoms with Crippen LogP contribution < -0.4 is 5.32 Å². The molecule has 2 aromatic rings. The fraction of sp³-hybridized carbons (Fsp3) is 0.429. The molecule has 2 atom stereocenters. The number of carbonyl (C=O) groups is 4. The summed E-state index contributed by atoms with van der Waals surface area (Å²) < 4.78 is 24.0. The van der Waals surface area contributed by atoms with Crippen LogP contribution in [0.3, 0.4) is 0 Å². The molecule has 262 valence electrons. The van der Waals surface area contributed by atoms with Crippen LogP contribution in [0, 0.1) is 0 Å². The maximum atomic E-state index is 13.9. The molecule has 11 nitrogen and oxygen atoms in total. The van der Waals surface area contributed by atoms with Crippen LogP contribution in [0.25, 0.3) is 0 Å².